The van der Waals surface area contributed by atoms with Crippen LogP contribution in [0.25, 0.3) is 0 Å². The van der Waals surface area contributed by atoms with Gasteiger partial charge in [-0.3, -0.25) is 4.89 Å². The minimum absolute atomic E-state index is 0.378. The second kappa shape index (κ2) is 5.31. The van der Waals surface area contributed by atoms with Crippen LogP contribution in [0, 0.1) is 0 Å². The fourth-order valence-electron chi connectivity index (χ4n) is 0.281. The Hall–Kier alpha value is -0.830. The van der Waals surface area contributed by atoms with E-state index in [9.17, 15) is 4.79 Å². The molecule has 0 spiro atoms. The smallest absolute Gasteiger partial charge is 0.294 e. The standard InChI is InChI=1S/C6H10O3/c1-3-5-6(7)9-8-4-2/h3,5H,4H2,1-2H3/b5-3+. The maximum Gasteiger partial charge on any atom is 0.365 e. The SMILES string of the molecule is C/C=C/C(=O)OOCC. The molecule has 0 radical (unpaired) electrons. The van der Waals surface area contributed by atoms with Crippen molar-refractivity contribution in [3.63, 3.8) is 0 Å². The summed E-state index contributed by atoms with van der Waals surface area (Å²) >= 11 is 0. The van der Waals surface area contributed by atoms with E-state index >= 15 is 0 Å². The molecule has 0 fully saturated rings. The maximum atomic E-state index is 10.4. The molecule has 0 aromatic heterocycles. The van der Waals surface area contributed by atoms with Gasteiger partial charge in [0.05, 0.1) is 6.61 Å². The van der Waals surface area contributed by atoms with Crippen LogP contribution < -0.4 is 0 Å². The highest BCUT2D eigenvalue weighted by molar-refractivity contribution is 5.81. The van der Waals surface area contributed by atoms with E-state index in [1.165, 1.54) is 6.08 Å². The summed E-state index contributed by atoms with van der Waals surface area (Å²) in [4.78, 5) is 18.9. The highest BCUT2D eigenvalue weighted by Gasteiger charge is 1.92. The van der Waals surface area contributed by atoms with Gasteiger partial charge in [0.25, 0.3) is 0 Å². The van der Waals surface area contributed by atoms with E-state index in [1.807, 2.05) is 0 Å². The van der Waals surface area contributed by atoms with Crippen LogP contribution in [0.4, 0.5) is 0 Å². The average Bonchev–Trinajstić information content (AvgIpc) is 1.85. The molecule has 0 aromatic rings. The van der Waals surface area contributed by atoms with Gasteiger partial charge in [0.2, 0.25) is 0 Å². The van der Waals surface area contributed by atoms with Crippen molar-refractivity contribution in [2.75, 3.05) is 6.61 Å². The Labute approximate surface area is 54.2 Å². The summed E-state index contributed by atoms with van der Waals surface area (Å²) in [7, 11) is 0. The highest BCUT2D eigenvalue weighted by Crippen LogP contribution is 1.81. The molecule has 0 rings (SSSR count). The van der Waals surface area contributed by atoms with Gasteiger partial charge >= 0.3 is 5.97 Å². The molecule has 0 N–H and O–H groups in total. The lowest BCUT2D eigenvalue weighted by atomic mass is 10.5. The lowest BCUT2D eigenvalue weighted by Gasteiger charge is -1.94. The van der Waals surface area contributed by atoms with Gasteiger partial charge in [-0.1, -0.05) is 6.08 Å². The minimum atomic E-state index is -0.473. The molecule has 0 heterocycles. The first-order valence-electron chi connectivity index (χ1n) is 2.77. The van der Waals surface area contributed by atoms with Crippen molar-refractivity contribution in [2.45, 2.75) is 13.8 Å². The molecule has 0 aliphatic rings. The Morgan fingerprint density at radius 1 is 1.67 bits per heavy atom. The maximum absolute atomic E-state index is 10.4. The van der Waals surface area contributed by atoms with Crippen LogP contribution in [0.3, 0.4) is 0 Å². The minimum Gasteiger partial charge on any atom is -0.294 e. The van der Waals surface area contributed by atoms with Crippen LogP contribution in [0.5, 0.6) is 0 Å². The molecule has 0 atom stereocenters. The largest absolute Gasteiger partial charge is 0.365 e. The molecule has 9 heavy (non-hydrogen) atoms. The fraction of sp³-hybridized carbons (Fsp3) is 0.500. The Morgan fingerprint density at radius 3 is 2.78 bits per heavy atom. The van der Waals surface area contributed by atoms with Crippen molar-refractivity contribution in [1.82, 2.24) is 0 Å². The van der Waals surface area contributed by atoms with Crippen LogP contribution >= 0.6 is 0 Å². The summed E-state index contributed by atoms with van der Waals surface area (Å²) in [6.45, 7) is 3.85. The van der Waals surface area contributed by atoms with Gasteiger partial charge in [-0.15, -0.1) is 0 Å². The third-order valence-corrected chi connectivity index (χ3v) is 0.562. The molecule has 52 valence electrons. The quantitative estimate of drug-likeness (QED) is 0.325. The molecule has 0 unspecified atom stereocenters. The lowest BCUT2D eigenvalue weighted by molar-refractivity contribution is -0.264. The van der Waals surface area contributed by atoms with Crippen molar-refractivity contribution in [3.8, 4) is 0 Å². The lowest BCUT2D eigenvalue weighted by Crippen LogP contribution is -2.00. The van der Waals surface area contributed by atoms with Gasteiger partial charge in [-0.2, -0.15) is 4.89 Å². The van der Waals surface area contributed by atoms with Crippen LogP contribution in [0.2, 0.25) is 0 Å². The zero-order valence-corrected chi connectivity index (χ0v) is 5.59. The van der Waals surface area contributed by atoms with Crippen molar-refractivity contribution in [2.24, 2.45) is 0 Å². The molecule has 0 saturated heterocycles. The van der Waals surface area contributed by atoms with Gasteiger partial charge in [0.1, 0.15) is 0 Å². The van der Waals surface area contributed by atoms with Crippen molar-refractivity contribution >= 4 is 5.97 Å². The summed E-state index contributed by atoms with van der Waals surface area (Å²) < 4.78 is 0. The number of rotatable bonds is 3. The molecule has 0 aliphatic heterocycles. The van der Waals surface area contributed by atoms with Gasteiger partial charge in [-0.05, 0) is 13.8 Å². The van der Waals surface area contributed by atoms with Crippen LogP contribution in [0.1, 0.15) is 13.8 Å². The van der Waals surface area contributed by atoms with Crippen LogP contribution in [0.15, 0.2) is 12.2 Å². The van der Waals surface area contributed by atoms with Gasteiger partial charge in [0.15, 0.2) is 0 Å². The van der Waals surface area contributed by atoms with Gasteiger partial charge in [0, 0.05) is 6.08 Å². The molecule has 0 bridgehead atoms. The highest BCUT2D eigenvalue weighted by atomic mass is 17.2. The Kier molecular flexibility index (Phi) is 4.82. The zero-order chi connectivity index (χ0) is 7.11. The van der Waals surface area contributed by atoms with Crippen molar-refractivity contribution in [1.29, 1.82) is 0 Å². The van der Waals surface area contributed by atoms with Gasteiger partial charge < -0.3 is 0 Å². The normalized spacial score (nSPS) is 10.0. The molecular weight excluding hydrogens is 120 g/mol. The third kappa shape index (κ3) is 5.03. The fourth-order valence-corrected chi connectivity index (χ4v) is 0.281. The van der Waals surface area contributed by atoms with Crippen molar-refractivity contribution < 1.29 is 14.6 Å². The first kappa shape index (κ1) is 8.17. The molecule has 0 amide bonds. The predicted octanol–water partition coefficient (Wildman–Crippen LogP) is 1.06. The second-order valence-corrected chi connectivity index (χ2v) is 1.31. The number of hydrogen-bond donors (Lipinski definition) is 0. The van der Waals surface area contributed by atoms with Crippen molar-refractivity contribution in [3.05, 3.63) is 12.2 Å². The summed E-state index contributed by atoms with van der Waals surface area (Å²) in [5.74, 6) is -0.473. The Bertz CT molecular complexity index is 107. The zero-order valence-electron chi connectivity index (χ0n) is 5.59. The second-order valence-electron chi connectivity index (χ2n) is 1.31. The first-order valence-corrected chi connectivity index (χ1v) is 2.77. The number of hydrogen-bond acceptors (Lipinski definition) is 3. The van der Waals surface area contributed by atoms with Gasteiger partial charge in [-0.25, -0.2) is 4.79 Å². The van der Waals surface area contributed by atoms with E-state index < -0.39 is 5.97 Å². The average molecular weight is 130 g/mol. The number of carbonyl (C=O) groups excluding carboxylic acids is 1. The molecule has 3 nitrogen and oxygen atoms in total. The number of carbonyl (C=O) groups is 1. The Balaban J connectivity index is 3.27. The van der Waals surface area contributed by atoms with Crippen LogP contribution in [-0.4, -0.2) is 12.6 Å². The van der Waals surface area contributed by atoms with E-state index in [-0.39, 0.29) is 0 Å². The van der Waals surface area contributed by atoms with E-state index in [0.29, 0.717) is 6.61 Å². The third-order valence-electron chi connectivity index (χ3n) is 0.562. The van der Waals surface area contributed by atoms with E-state index in [4.69, 9.17) is 0 Å². The summed E-state index contributed by atoms with van der Waals surface area (Å²) in [5, 5.41) is 0. The monoisotopic (exact) mass is 130 g/mol. The molecule has 0 aliphatic carbocycles. The summed E-state index contributed by atoms with van der Waals surface area (Å²) in [6.07, 6.45) is 2.87. The molecule has 0 aromatic carbocycles. The molecule has 0 saturated carbocycles. The first-order chi connectivity index (χ1) is 4.31. The molecule has 3 heteroatoms. The number of allylic oxidation sites excluding steroid dienone is 1. The summed E-state index contributed by atoms with van der Waals surface area (Å²) in [6, 6.07) is 0. The predicted molar refractivity (Wildman–Crippen MR) is 32.5 cm³/mol. The van der Waals surface area contributed by atoms with Crippen LogP contribution in [-0.2, 0) is 14.6 Å². The molecular formula is C6H10O3. The van der Waals surface area contributed by atoms with E-state index in [2.05, 4.69) is 9.78 Å². The van der Waals surface area contributed by atoms with E-state index in [1.54, 1.807) is 19.9 Å². The Morgan fingerprint density at radius 2 is 2.33 bits per heavy atom. The topological polar surface area (TPSA) is 35.5 Å². The summed E-state index contributed by atoms with van der Waals surface area (Å²) in [5.41, 5.74) is 0. The van der Waals surface area contributed by atoms with E-state index in [0.717, 1.165) is 0 Å².